The number of aromatic hydroxyl groups is 1. The van der Waals surface area contributed by atoms with Gasteiger partial charge in [-0.05, 0) is 29.8 Å². The number of nitrogens with zero attached hydrogens (tertiary/aromatic N) is 2. The Bertz CT molecular complexity index is 855. The van der Waals surface area contributed by atoms with Crippen molar-refractivity contribution in [2.75, 3.05) is 13.6 Å². The lowest BCUT2D eigenvalue weighted by atomic mass is 9.96. The number of carbonyl (C=O) groups is 2. The Labute approximate surface area is 144 Å². The van der Waals surface area contributed by atoms with E-state index >= 15 is 0 Å². The molecule has 0 saturated heterocycles. The summed E-state index contributed by atoms with van der Waals surface area (Å²) in [6, 6.07) is 9.30. The molecule has 3 heterocycles. The highest BCUT2D eigenvalue weighted by molar-refractivity contribution is 6.01. The summed E-state index contributed by atoms with van der Waals surface area (Å²) in [5, 5.41) is 12.3. The molecule has 0 bridgehead atoms. The summed E-state index contributed by atoms with van der Waals surface area (Å²) < 4.78 is 5.33. The van der Waals surface area contributed by atoms with Gasteiger partial charge >= 0.3 is 6.03 Å². The molecule has 2 aromatic rings. The van der Waals surface area contributed by atoms with Gasteiger partial charge in [-0.15, -0.1) is 0 Å². The van der Waals surface area contributed by atoms with Crippen LogP contribution in [0.1, 0.15) is 17.4 Å². The average Bonchev–Trinajstić information content (AvgIpc) is 3.22. The van der Waals surface area contributed by atoms with Gasteiger partial charge in [0.25, 0.3) is 5.91 Å². The summed E-state index contributed by atoms with van der Waals surface area (Å²) in [5.74, 6) is 0.696. The molecule has 1 aromatic carbocycles. The van der Waals surface area contributed by atoms with Gasteiger partial charge in [0.15, 0.2) is 0 Å². The lowest BCUT2D eigenvalue weighted by Gasteiger charge is -2.31. The first-order valence-electron chi connectivity index (χ1n) is 7.92. The number of rotatable bonds is 3. The third-order valence-electron chi connectivity index (χ3n) is 4.59. The molecule has 0 unspecified atom stereocenters. The van der Waals surface area contributed by atoms with Crippen LogP contribution in [0.2, 0.25) is 0 Å². The van der Waals surface area contributed by atoms with Gasteiger partial charge in [-0.25, -0.2) is 4.79 Å². The molecule has 0 spiro atoms. The molecular weight excluding hydrogens is 322 g/mol. The van der Waals surface area contributed by atoms with E-state index in [0.29, 0.717) is 30.1 Å². The highest BCUT2D eigenvalue weighted by Crippen LogP contribution is 2.36. The molecule has 1 atom stereocenters. The molecule has 7 nitrogen and oxygen atoms in total. The third-order valence-corrected chi connectivity index (χ3v) is 4.59. The number of furan rings is 1. The summed E-state index contributed by atoms with van der Waals surface area (Å²) in [6.45, 7) is 0.705. The predicted molar refractivity (Wildman–Crippen MR) is 88.3 cm³/mol. The average molecular weight is 339 g/mol. The Morgan fingerprint density at radius 2 is 2.00 bits per heavy atom. The van der Waals surface area contributed by atoms with E-state index in [1.807, 2.05) is 6.07 Å². The van der Waals surface area contributed by atoms with E-state index in [1.54, 1.807) is 48.5 Å². The zero-order valence-electron chi connectivity index (χ0n) is 13.6. The van der Waals surface area contributed by atoms with E-state index in [1.165, 1.54) is 4.90 Å². The van der Waals surface area contributed by atoms with Crippen LogP contribution in [-0.4, -0.2) is 40.4 Å². The van der Waals surface area contributed by atoms with Crippen LogP contribution in [0.5, 0.6) is 5.75 Å². The smallest absolute Gasteiger partial charge is 0.322 e. The van der Waals surface area contributed by atoms with Crippen LogP contribution in [0.3, 0.4) is 0 Å². The molecular formula is C18H17N3O4. The standard InChI is InChI=1S/C18H17N3O4/c1-20-14-10-21(9-13-3-2-8-25-13)17(23)15(14)16(19-18(20)24)11-4-6-12(22)7-5-11/h2-8,16,22H,9-10H2,1H3,(H,19,24)/t16-/m0/s1. The van der Waals surface area contributed by atoms with Crippen LogP contribution in [0.25, 0.3) is 0 Å². The number of phenols is 1. The summed E-state index contributed by atoms with van der Waals surface area (Å²) in [6.07, 6.45) is 1.57. The first-order valence-corrected chi connectivity index (χ1v) is 7.92. The number of nitrogens with one attached hydrogen (secondary N) is 1. The van der Waals surface area contributed by atoms with Crippen LogP contribution in [-0.2, 0) is 11.3 Å². The van der Waals surface area contributed by atoms with Gasteiger partial charge in [-0.2, -0.15) is 0 Å². The van der Waals surface area contributed by atoms with Crippen molar-refractivity contribution in [3.8, 4) is 5.75 Å². The van der Waals surface area contributed by atoms with E-state index < -0.39 is 6.04 Å². The van der Waals surface area contributed by atoms with E-state index in [4.69, 9.17) is 4.42 Å². The quantitative estimate of drug-likeness (QED) is 0.895. The number of hydrogen-bond donors (Lipinski definition) is 2. The molecule has 2 aliphatic heterocycles. The van der Waals surface area contributed by atoms with Crippen LogP contribution >= 0.6 is 0 Å². The Morgan fingerprint density at radius 1 is 1.24 bits per heavy atom. The minimum absolute atomic E-state index is 0.128. The Balaban J connectivity index is 1.69. The van der Waals surface area contributed by atoms with Crippen LogP contribution in [0.15, 0.2) is 58.3 Å². The van der Waals surface area contributed by atoms with Crippen molar-refractivity contribution in [2.24, 2.45) is 0 Å². The largest absolute Gasteiger partial charge is 0.508 e. The molecule has 25 heavy (non-hydrogen) atoms. The molecule has 2 aliphatic rings. The van der Waals surface area contributed by atoms with Crippen LogP contribution < -0.4 is 5.32 Å². The monoisotopic (exact) mass is 339 g/mol. The van der Waals surface area contributed by atoms with E-state index in [0.717, 1.165) is 5.56 Å². The first kappa shape index (κ1) is 15.3. The number of likely N-dealkylation sites (N-methyl/N-ethyl adjacent to an activating group) is 1. The maximum Gasteiger partial charge on any atom is 0.322 e. The fraction of sp³-hybridized carbons (Fsp3) is 0.222. The SMILES string of the molecule is CN1C(=O)N[C@@H](c2ccc(O)cc2)C2=C1CN(Cc1ccco1)C2=O. The number of amides is 3. The minimum Gasteiger partial charge on any atom is -0.508 e. The summed E-state index contributed by atoms with van der Waals surface area (Å²) in [7, 11) is 1.65. The zero-order valence-corrected chi connectivity index (χ0v) is 13.6. The van der Waals surface area contributed by atoms with Gasteiger partial charge in [0.1, 0.15) is 11.5 Å². The number of urea groups is 1. The van der Waals surface area contributed by atoms with Gasteiger partial charge in [-0.3, -0.25) is 9.69 Å². The molecule has 0 fully saturated rings. The minimum atomic E-state index is -0.534. The summed E-state index contributed by atoms with van der Waals surface area (Å²) >= 11 is 0. The molecule has 2 N–H and O–H groups in total. The molecule has 0 radical (unpaired) electrons. The lowest BCUT2D eigenvalue weighted by molar-refractivity contribution is -0.126. The van der Waals surface area contributed by atoms with Crippen molar-refractivity contribution in [1.29, 1.82) is 0 Å². The normalized spacial score (nSPS) is 20.1. The number of benzene rings is 1. The van der Waals surface area contributed by atoms with Crippen molar-refractivity contribution in [1.82, 2.24) is 15.1 Å². The first-order chi connectivity index (χ1) is 12.0. The second kappa shape index (κ2) is 5.70. The van der Waals surface area contributed by atoms with Crippen molar-refractivity contribution in [3.63, 3.8) is 0 Å². The maximum absolute atomic E-state index is 13.0. The van der Waals surface area contributed by atoms with Crippen molar-refractivity contribution in [2.45, 2.75) is 12.6 Å². The van der Waals surface area contributed by atoms with Gasteiger partial charge in [-0.1, -0.05) is 12.1 Å². The molecule has 1 aromatic heterocycles. The van der Waals surface area contributed by atoms with Gasteiger partial charge in [0, 0.05) is 7.05 Å². The van der Waals surface area contributed by atoms with Gasteiger partial charge in [0.05, 0.1) is 36.7 Å². The Kier molecular flexibility index (Phi) is 3.49. The predicted octanol–water partition coefficient (Wildman–Crippen LogP) is 1.98. The molecule has 4 rings (SSSR count). The van der Waals surface area contributed by atoms with Crippen LogP contribution in [0, 0.1) is 0 Å². The second-order valence-electron chi connectivity index (χ2n) is 6.13. The molecule has 3 amide bonds. The Morgan fingerprint density at radius 3 is 2.68 bits per heavy atom. The third kappa shape index (κ3) is 2.53. The molecule has 7 heteroatoms. The second-order valence-corrected chi connectivity index (χ2v) is 6.13. The maximum atomic E-state index is 13.0. The highest BCUT2D eigenvalue weighted by atomic mass is 16.3. The lowest BCUT2D eigenvalue weighted by Crippen LogP contribution is -2.45. The molecule has 0 aliphatic carbocycles. The molecule has 128 valence electrons. The topological polar surface area (TPSA) is 86.0 Å². The molecule has 0 saturated carbocycles. The highest BCUT2D eigenvalue weighted by Gasteiger charge is 2.42. The number of phenolic OH excluding ortho intramolecular Hbond substituents is 1. The zero-order chi connectivity index (χ0) is 17.6. The van der Waals surface area contributed by atoms with Crippen LogP contribution in [0.4, 0.5) is 4.79 Å². The van der Waals surface area contributed by atoms with E-state index in [-0.39, 0.29) is 17.7 Å². The van der Waals surface area contributed by atoms with Crippen molar-refractivity contribution < 1.29 is 19.1 Å². The fourth-order valence-corrected chi connectivity index (χ4v) is 3.26. The fourth-order valence-electron chi connectivity index (χ4n) is 3.26. The number of carbonyl (C=O) groups excluding carboxylic acids is 2. The number of hydrogen-bond acceptors (Lipinski definition) is 4. The van der Waals surface area contributed by atoms with E-state index in [9.17, 15) is 14.7 Å². The van der Waals surface area contributed by atoms with E-state index in [2.05, 4.69) is 5.32 Å². The van der Waals surface area contributed by atoms with Crippen molar-refractivity contribution in [3.05, 3.63) is 65.3 Å². The summed E-state index contributed by atoms with van der Waals surface area (Å²) in [5.41, 5.74) is 2.00. The van der Waals surface area contributed by atoms with Gasteiger partial charge in [0.2, 0.25) is 0 Å². The van der Waals surface area contributed by atoms with Crippen molar-refractivity contribution >= 4 is 11.9 Å². The van der Waals surface area contributed by atoms with Gasteiger partial charge < -0.3 is 19.7 Å². The Hall–Kier alpha value is -3.22. The summed E-state index contributed by atoms with van der Waals surface area (Å²) in [4.78, 5) is 28.4.